The molecule has 3 heterocycles. The van der Waals surface area contributed by atoms with E-state index >= 15 is 0 Å². The van der Waals surface area contributed by atoms with E-state index in [0.29, 0.717) is 12.4 Å². The zero-order chi connectivity index (χ0) is 22.0. The molecule has 0 amide bonds. The quantitative estimate of drug-likeness (QED) is 0.718. The van der Waals surface area contributed by atoms with Crippen LogP contribution >= 0.6 is 0 Å². The molecule has 1 fully saturated rings. The summed E-state index contributed by atoms with van der Waals surface area (Å²) in [5, 5.41) is 3.42. The highest BCUT2D eigenvalue weighted by Gasteiger charge is 2.28. The maximum absolute atomic E-state index is 12.1. The molecule has 2 aliphatic heterocycles. The van der Waals surface area contributed by atoms with Crippen molar-refractivity contribution in [2.24, 2.45) is 5.92 Å². The topological polar surface area (TPSA) is 76.6 Å². The minimum Gasteiger partial charge on any atom is -0.486 e. The molecular formula is C24H32N4O3. The average molecular weight is 425 g/mol. The lowest BCUT2D eigenvalue weighted by Crippen LogP contribution is -2.29. The van der Waals surface area contributed by atoms with Crippen molar-refractivity contribution in [3.63, 3.8) is 0 Å². The van der Waals surface area contributed by atoms with Crippen molar-refractivity contribution in [2.75, 3.05) is 29.9 Å². The highest BCUT2D eigenvalue weighted by Crippen LogP contribution is 2.34. The van der Waals surface area contributed by atoms with E-state index in [0.717, 1.165) is 55.0 Å². The fourth-order valence-electron chi connectivity index (χ4n) is 4.05. The second-order valence-corrected chi connectivity index (χ2v) is 9.40. The van der Waals surface area contributed by atoms with Gasteiger partial charge in [0, 0.05) is 31.0 Å². The summed E-state index contributed by atoms with van der Waals surface area (Å²) in [7, 11) is 0. The van der Waals surface area contributed by atoms with Crippen molar-refractivity contribution in [3.05, 3.63) is 30.6 Å². The summed E-state index contributed by atoms with van der Waals surface area (Å²) < 4.78 is 11.5. The number of rotatable bonds is 5. The van der Waals surface area contributed by atoms with Crippen LogP contribution in [0.4, 0.5) is 11.6 Å². The number of anilines is 2. The molecular weight excluding hydrogens is 392 g/mol. The molecule has 31 heavy (non-hydrogen) atoms. The summed E-state index contributed by atoms with van der Waals surface area (Å²) >= 11 is 0. The van der Waals surface area contributed by atoms with Crippen molar-refractivity contribution in [2.45, 2.75) is 58.7 Å². The Morgan fingerprint density at radius 2 is 2.03 bits per heavy atom. The second-order valence-electron chi connectivity index (χ2n) is 9.40. The van der Waals surface area contributed by atoms with Gasteiger partial charge >= 0.3 is 5.97 Å². The lowest BCUT2D eigenvalue weighted by molar-refractivity contribution is -0.155. The Balaban J connectivity index is 1.39. The lowest BCUT2D eigenvalue weighted by Gasteiger charge is -2.27. The third-order valence-corrected chi connectivity index (χ3v) is 5.67. The minimum absolute atomic E-state index is 0.134. The fourth-order valence-corrected chi connectivity index (χ4v) is 4.05. The number of esters is 1. The van der Waals surface area contributed by atoms with E-state index in [9.17, 15) is 4.79 Å². The van der Waals surface area contributed by atoms with Gasteiger partial charge in [0.05, 0.1) is 18.7 Å². The molecule has 1 aromatic heterocycles. The SMILES string of the molecule is CCC1CNc2ccc(-c3cnc(N4CCC(CC(=O)OC(C)(C)C)C4)nc3)cc2O1. The van der Waals surface area contributed by atoms with Gasteiger partial charge in [0.2, 0.25) is 5.95 Å². The smallest absolute Gasteiger partial charge is 0.306 e. The number of nitrogens with one attached hydrogen (secondary N) is 1. The zero-order valence-corrected chi connectivity index (χ0v) is 18.9. The Morgan fingerprint density at radius 1 is 1.26 bits per heavy atom. The van der Waals surface area contributed by atoms with Gasteiger partial charge in [-0.25, -0.2) is 9.97 Å². The molecule has 7 heteroatoms. The van der Waals surface area contributed by atoms with Crippen LogP contribution in [0.15, 0.2) is 30.6 Å². The first kappa shape index (κ1) is 21.4. The number of benzene rings is 1. The van der Waals surface area contributed by atoms with Crippen LogP contribution in [0.2, 0.25) is 0 Å². The summed E-state index contributed by atoms with van der Waals surface area (Å²) in [5.74, 6) is 1.72. The maximum atomic E-state index is 12.1. The first-order valence-corrected chi connectivity index (χ1v) is 11.1. The second kappa shape index (κ2) is 8.73. The van der Waals surface area contributed by atoms with E-state index < -0.39 is 5.60 Å². The number of ether oxygens (including phenoxy) is 2. The first-order valence-electron chi connectivity index (χ1n) is 11.1. The van der Waals surface area contributed by atoms with Gasteiger partial charge in [-0.3, -0.25) is 4.79 Å². The van der Waals surface area contributed by atoms with E-state index in [2.05, 4.69) is 39.2 Å². The number of hydrogen-bond acceptors (Lipinski definition) is 7. The van der Waals surface area contributed by atoms with Crippen LogP contribution in [-0.4, -0.2) is 47.3 Å². The third-order valence-electron chi connectivity index (χ3n) is 5.67. The Hall–Kier alpha value is -2.83. The number of fused-ring (bicyclic) bond motifs is 1. The van der Waals surface area contributed by atoms with E-state index in [-0.39, 0.29) is 18.0 Å². The Labute approximate surface area is 184 Å². The molecule has 7 nitrogen and oxygen atoms in total. The molecule has 1 saturated heterocycles. The van der Waals surface area contributed by atoms with Crippen LogP contribution < -0.4 is 15.0 Å². The Bertz CT molecular complexity index is 923. The van der Waals surface area contributed by atoms with Crippen LogP contribution in [-0.2, 0) is 9.53 Å². The van der Waals surface area contributed by atoms with E-state index in [1.165, 1.54) is 0 Å². The highest BCUT2D eigenvalue weighted by atomic mass is 16.6. The average Bonchev–Trinajstić information content (AvgIpc) is 3.20. The lowest BCUT2D eigenvalue weighted by atomic mass is 10.1. The van der Waals surface area contributed by atoms with Crippen molar-refractivity contribution < 1.29 is 14.3 Å². The molecule has 0 saturated carbocycles. The van der Waals surface area contributed by atoms with Crippen LogP contribution in [0, 0.1) is 5.92 Å². The molecule has 0 bridgehead atoms. The monoisotopic (exact) mass is 424 g/mol. The van der Waals surface area contributed by atoms with Crippen molar-refractivity contribution in [3.8, 4) is 16.9 Å². The number of aromatic nitrogens is 2. The molecule has 1 aromatic carbocycles. The Kier molecular flexibility index (Phi) is 6.03. The van der Waals surface area contributed by atoms with Gasteiger partial charge < -0.3 is 19.7 Å². The summed E-state index contributed by atoms with van der Waals surface area (Å²) in [6.07, 6.45) is 6.27. The van der Waals surface area contributed by atoms with Gasteiger partial charge in [-0.2, -0.15) is 0 Å². The summed E-state index contributed by atoms with van der Waals surface area (Å²) in [6, 6.07) is 6.16. The number of carbonyl (C=O) groups is 1. The third kappa shape index (κ3) is 5.27. The maximum Gasteiger partial charge on any atom is 0.306 e. The molecule has 4 rings (SSSR count). The first-order chi connectivity index (χ1) is 14.8. The van der Waals surface area contributed by atoms with Gasteiger partial charge in [-0.15, -0.1) is 0 Å². The predicted octanol–water partition coefficient (Wildman–Crippen LogP) is 4.28. The van der Waals surface area contributed by atoms with Gasteiger partial charge in [0.15, 0.2) is 0 Å². The number of carbonyl (C=O) groups excluding carboxylic acids is 1. The van der Waals surface area contributed by atoms with E-state index in [4.69, 9.17) is 9.47 Å². The summed E-state index contributed by atoms with van der Waals surface area (Å²) in [4.78, 5) is 23.4. The molecule has 166 valence electrons. The van der Waals surface area contributed by atoms with Crippen molar-refractivity contribution in [1.29, 1.82) is 0 Å². The molecule has 2 aromatic rings. The van der Waals surface area contributed by atoms with Crippen LogP contribution in [0.3, 0.4) is 0 Å². The van der Waals surface area contributed by atoms with Gasteiger partial charge in [0.1, 0.15) is 17.5 Å². The normalized spacial score (nSPS) is 20.6. The highest BCUT2D eigenvalue weighted by molar-refractivity contribution is 5.71. The minimum atomic E-state index is -0.441. The molecule has 1 N–H and O–H groups in total. The fraction of sp³-hybridized carbons (Fsp3) is 0.542. The standard InChI is InChI=1S/C24H32N4O3/c1-5-19-14-25-20-7-6-17(11-21(20)30-19)18-12-26-23(27-13-18)28-9-8-16(15-28)10-22(29)31-24(2,3)4/h6-7,11-13,16,19,25H,5,8-10,14-15H2,1-4H3. The van der Waals surface area contributed by atoms with E-state index in [1.807, 2.05) is 39.2 Å². The van der Waals surface area contributed by atoms with Crippen molar-refractivity contribution >= 4 is 17.6 Å². The van der Waals surface area contributed by atoms with Gasteiger partial charge in [0.25, 0.3) is 0 Å². The molecule has 2 aliphatic rings. The molecule has 0 spiro atoms. The van der Waals surface area contributed by atoms with Crippen LogP contribution in [0.25, 0.3) is 11.1 Å². The zero-order valence-electron chi connectivity index (χ0n) is 18.9. The summed E-state index contributed by atoms with van der Waals surface area (Å²) in [5.41, 5.74) is 2.58. The molecule has 2 atom stereocenters. The molecule has 0 radical (unpaired) electrons. The number of hydrogen-bond donors (Lipinski definition) is 1. The Morgan fingerprint density at radius 3 is 2.74 bits per heavy atom. The largest absolute Gasteiger partial charge is 0.486 e. The molecule has 2 unspecified atom stereocenters. The predicted molar refractivity (Wildman–Crippen MR) is 121 cm³/mol. The van der Waals surface area contributed by atoms with Crippen molar-refractivity contribution in [1.82, 2.24) is 9.97 Å². The van der Waals surface area contributed by atoms with Crippen LogP contribution in [0.5, 0.6) is 5.75 Å². The van der Waals surface area contributed by atoms with Crippen LogP contribution in [0.1, 0.15) is 47.0 Å². The van der Waals surface area contributed by atoms with Gasteiger partial charge in [-0.1, -0.05) is 13.0 Å². The van der Waals surface area contributed by atoms with E-state index in [1.54, 1.807) is 0 Å². The molecule has 0 aliphatic carbocycles. The summed E-state index contributed by atoms with van der Waals surface area (Å²) in [6.45, 7) is 10.3. The number of nitrogens with zero attached hydrogens (tertiary/aromatic N) is 3. The van der Waals surface area contributed by atoms with Gasteiger partial charge in [-0.05, 0) is 57.2 Å².